The van der Waals surface area contributed by atoms with Crippen molar-refractivity contribution in [2.24, 2.45) is 17.6 Å². The smallest absolute Gasteiger partial charge is 0.236 e. The second-order valence-corrected chi connectivity index (χ2v) is 4.79. The van der Waals surface area contributed by atoms with Crippen LogP contribution in [0.5, 0.6) is 0 Å². The fourth-order valence-electron chi connectivity index (χ4n) is 1.85. The zero-order valence-electron chi connectivity index (χ0n) is 10.1. The van der Waals surface area contributed by atoms with Crippen molar-refractivity contribution in [1.29, 1.82) is 0 Å². The molecule has 1 rings (SSSR count). The Bertz CT molecular complexity index is 218. The SMILES string of the molecule is CC(C)C(CN)CN1CCN(C)C(=O)C1. The molecule has 1 aliphatic heterocycles. The van der Waals surface area contributed by atoms with E-state index >= 15 is 0 Å². The Hall–Kier alpha value is -0.610. The van der Waals surface area contributed by atoms with Gasteiger partial charge in [0.1, 0.15) is 0 Å². The number of nitrogens with zero attached hydrogens (tertiary/aromatic N) is 2. The highest BCUT2D eigenvalue weighted by Gasteiger charge is 2.23. The number of likely N-dealkylation sites (N-methyl/N-ethyl adjacent to an activating group) is 1. The molecule has 0 aromatic rings. The van der Waals surface area contributed by atoms with Crippen LogP contribution in [0.25, 0.3) is 0 Å². The number of hydrogen-bond donors (Lipinski definition) is 1. The van der Waals surface area contributed by atoms with Crippen molar-refractivity contribution < 1.29 is 4.79 Å². The van der Waals surface area contributed by atoms with Crippen LogP contribution in [0, 0.1) is 11.8 Å². The van der Waals surface area contributed by atoms with Crippen LogP contribution in [0.4, 0.5) is 0 Å². The van der Waals surface area contributed by atoms with Crippen LogP contribution in [0.1, 0.15) is 13.8 Å². The van der Waals surface area contributed by atoms with Crippen molar-refractivity contribution in [2.45, 2.75) is 13.8 Å². The number of carbonyl (C=O) groups excluding carboxylic acids is 1. The van der Waals surface area contributed by atoms with Gasteiger partial charge < -0.3 is 10.6 Å². The molecule has 0 aromatic heterocycles. The monoisotopic (exact) mass is 213 g/mol. The number of nitrogens with two attached hydrogens (primary N) is 1. The van der Waals surface area contributed by atoms with E-state index in [2.05, 4.69) is 18.7 Å². The van der Waals surface area contributed by atoms with Gasteiger partial charge in [0, 0.05) is 26.7 Å². The molecule has 1 amide bonds. The van der Waals surface area contributed by atoms with Gasteiger partial charge in [0.15, 0.2) is 0 Å². The Morgan fingerprint density at radius 1 is 1.40 bits per heavy atom. The highest BCUT2D eigenvalue weighted by Crippen LogP contribution is 2.12. The maximum Gasteiger partial charge on any atom is 0.236 e. The van der Waals surface area contributed by atoms with Gasteiger partial charge in [0.2, 0.25) is 5.91 Å². The quantitative estimate of drug-likeness (QED) is 0.714. The fraction of sp³-hybridized carbons (Fsp3) is 0.909. The minimum Gasteiger partial charge on any atom is -0.343 e. The molecule has 0 bridgehead atoms. The Labute approximate surface area is 92.4 Å². The first-order valence-electron chi connectivity index (χ1n) is 5.71. The molecule has 15 heavy (non-hydrogen) atoms. The summed E-state index contributed by atoms with van der Waals surface area (Å²) in [5, 5.41) is 0. The summed E-state index contributed by atoms with van der Waals surface area (Å²) in [5.74, 6) is 1.31. The molecule has 1 atom stereocenters. The molecule has 1 fully saturated rings. The van der Waals surface area contributed by atoms with E-state index in [1.165, 1.54) is 0 Å². The topological polar surface area (TPSA) is 49.6 Å². The first-order chi connectivity index (χ1) is 7.04. The van der Waals surface area contributed by atoms with E-state index in [0.717, 1.165) is 19.6 Å². The van der Waals surface area contributed by atoms with Crippen molar-refractivity contribution in [3.8, 4) is 0 Å². The molecular formula is C11H23N3O. The lowest BCUT2D eigenvalue weighted by molar-refractivity contribution is -0.134. The molecule has 1 saturated heterocycles. The van der Waals surface area contributed by atoms with Crippen LogP contribution in [0.2, 0.25) is 0 Å². The van der Waals surface area contributed by atoms with Crippen molar-refractivity contribution in [3.05, 3.63) is 0 Å². The average Bonchev–Trinajstić information content (AvgIpc) is 2.19. The van der Waals surface area contributed by atoms with Crippen LogP contribution >= 0.6 is 0 Å². The summed E-state index contributed by atoms with van der Waals surface area (Å²) in [6, 6.07) is 0. The van der Waals surface area contributed by atoms with E-state index in [-0.39, 0.29) is 5.91 Å². The van der Waals surface area contributed by atoms with Crippen molar-refractivity contribution in [2.75, 3.05) is 39.8 Å². The normalized spacial score (nSPS) is 21.1. The largest absolute Gasteiger partial charge is 0.343 e. The third-order valence-electron chi connectivity index (χ3n) is 3.27. The van der Waals surface area contributed by atoms with Gasteiger partial charge in [0.05, 0.1) is 6.54 Å². The minimum atomic E-state index is 0.223. The zero-order valence-corrected chi connectivity index (χ0v) is 10.1. The predicted octanol–water partition coefficient (Wildman–Crippen LogP) is -0.00870. The summed E-state index contributed by atoms with van der Waals surface area (Å²) in [5.41, 5.74) is 5.73. The van der Waals surface area contributed by atoms with Gasteiger partial charge in [-0.15, -0.1) is 0 Å². The van der Waals surface area contributed by atoms with E-state index in [1.807, 2.05) is 7.05 Å². The molecule has 1 unspecified atom stereocenters. The maximum atomic E-state index is 11.5. The van der Waals surface area contributed by atoms with Crippen LogP contribution in [0.3, 0.4) is 0 Å². The fourth-order valence-corrected chi connectivity index (χ4v) is 1.85. The van der Waals surface area contributed by atoms with E-state index < -0.39 is 0 Å². The summed E-state index contributed by atoms with van der Waals surface area (Å²) in [7, 11) is 1.86. The van der Waals surface area contributed by atoms with Crippen molar-refractivity contribution in [3.63, 3.8) is 0 Å². The third-order valence-corrected chi connectivity index (χ3v) is 3.27. The Kier molecular flexibility index (Phi) is 4.54. The van der Waals surface area contributed by atoms with Crippen molar-refractivity contribution >= 4 is 5.91 Å². The molecule has 4 nitrogen and oxygen atoms in total. The van der Waals surface area contributed by atoms with Gasteiger partial charge in [-0.25, -0.2) is 0 Å². The van der Waals surface area contributed by atoms with Crippen LogP contribution < -0.4 is 5.73 Å². The predicted molar refractivity (Wildman–Crippen MR) is 61.5 cm³/mol. The number of piperazine rings is 1. The van der Waals surface area contributed by atoms with E-state index in [4.69, 9.17) is 5.73 Å². The Morgan fingerprint density at radius 3 is 2.53 bits per heavy atom. The average molecular weight is 213 g/mol. The Balaban J connectivity index is 2.42. The second kappa shape index (κ2) is 5.47. The standard InChI is InChI=1S/C11H23N3O/c1-9(2)10(6-12)7-14-5-4-13(3)11(15)8-14/h9-10H,4-8,12H2,1-3H3. The lowest BCUT2D eigenvalue weighted by atomic mass is 9.95. The molecule has 2 N–H and O–H groups in total. The number of rotatable bonds is 4. The summed E-state index contributed by atoms with van der Waals surface area (Å²) in [4.78, 5) is 15.5. The van der Waals surface area contributed by atoms with Crippen LogP contribution in [-0.4, -0.2) is 55.5 Å². The van der Waals surface area contributed by atoms with Gasteiger partial charge in [-0.05, 0) is 18.4 Å². The molecule has 0 aromatic carbocycles. The highest BCUT2D eigenvalue weighted by atomic mass is 16.2. The molecule has 0 spiro atoms. The molecule has 1 heterocycles. The lowest BCUT2D eigenvalue weighted by Crippen LogP contribution is -2.50. The number of hydrogen-bond acceptors (Lipinski definition) is 3. The van der Waals surface area contributed by atoms with E-state index in [9.17, 15) is 4.79 Å². The summed E-state index contributed by atoms with van der Waals surface area (Å²) < 4.78 is 0. The summed E-state index contributed by atoms with van der Waals surface area (Å²) >= 11 is 0. The molecule has 0 radical (unpaired) electrons. The Morgan fingerprint density at radius 2 is 2.07 bits per heavy atom. The molecule has 4 heteroatoms. The second-order valence-electron chi connectivity index (χ2n) is 4.79. The number of amides is 1. The summed E-state index contributed by atoms with van der Waals surface area (Å²) in [6.07, 6.45) is 0. The third kappa shape index (κ3) is 3.47. The summed E-state index contributed by atoms with van der Waals surface area (Å²) in [6.45, 7) is 8.41. The molecular weight excluding hydrogens is 190 g/mol. The van der Waals surface area contributed by atoms with Crippen molar-refractivity contribution in [1.82, 2.24) is 9.80 Å². The number of carbonyl (C=O) groups is 1. The van der Waals surface area contributed by atoms with Gasteiger partial charge in [0.25, 0.3) is 0 Å². The van der Waals surface area contributed by atoms with Crippen LogP contribution in [0.15, 0.2) is 0 Å². The van der Waals surface area contributed by atoms with E-state index in [0.29, 0.717) is 24.9 Å². The van der Waals surface area contributed by atoms with Gasteiger partial charge in [-0.3, -0.25) is 9.69 Å². The zero-order chi connectivity index (χ0) is 11.4. The molecule has 88 valence electrons. The molecule has 1 aliphatic rings. The maximum absolute atomic E-state index is 11.5. The van der Waals surface area contributed by atoms with E-state index in [1.54, 1.807) is 4.90 Å². The first kappa shape index (κ1) is 12.5. The van der Waals surface area contributed by atoms with Gasteiger partial charge in [-0.1, -0.05) is 13.8 Å². The minimum absolute atomic E-state index is 0.223. The van der Waals surface area contributed by atoms with Gasteiger partial charge >= 0.3 is 0 Å². The molecule has 0 aliphatic carbocycles. The van der Waals surface area contributed by atoms with Gasteiger partial charge in [-0.2, -0.15) is 0 Å². The lowest BCUT2D eigenvalue weighted by Gasteiger charge is -2.34. The van der Waals surface area contributed by atoms with Crippen LogP contribution in [-0.2, 0) is 4.79 Å². The highest BCUT2D eigenvalue weighted by molar-refractivity contribution is 5.78. The first-order valence-corrected chi connectivity index (χ1v) is 5.71. The molecule has 0 saturated carbocycles.